The Bertz CT molecular complexity index is 1690. The van der Waals surface area contributed by atoms with Crippen molar-refractivity contribution in [2.24, 2.45) is 15.9 Å². The van der Waals surface area contributed by atoms with E-state index in [1.165, 1.54) is 29.5 Å². The van der Waals surface area contributed by atoms with E-state index in [1.54, 1.807) is 20.1 Å². The smallest absolute Gasteiger partial charge is 0.265 e. The number of thiazole rings is 1. The molecule has 0 saturated carbocycles. The maximum Gasteiger partial charge on any atom is 0.265 e. The number of nitrogens with one attached hydrogen (secondary N) is 2. The van der Waals surface area contributed by atoms with Gasteiger partial charge in [-0.1, -0.05) is 31.3 Å². The molecule has 2 aliphatic heterocycles. The van der Waals surface area contributed by atoms with E-state index in [4.69, 9.17) is 14.7 Å². The molecular weight excluding hydrogens is 605 g/mol. The summed E-state index contributed by atoms with van der Waals surface area (Å²) in [6, 6.07) is 5.58. The number of sulfonamides is 1. The van der Waals surface area contributed by atoms with Gasteiger partial charge in [0.05, 0.1) is 42.1 Å². The molecule has 2 aliphatic rings. The van der Waals surface area contributed by atoms with Crippen molar-refractivity contribution in [1.29, 1.82) is 0 Å². The molecule has 1 amide bonds. The summed E-state index contributed by atoms with van der Waals surface area (Å²) in [6.07, 6.45) is 2.08. The number of nitrogens with zero attached hydrogens (tertiary/aromatic N) is 4. The number of amides is 1. The van der Waals surface area contributed by atoms with Crippen molar-refractivity contribution < 1.29 is 31.1 Å². The van der Waals surface area contributed by atoms with Crippen molar-refractivity contribution in [3.05, 3.63) is 58.7 Å². The summed E-state index contributed by atoms with van der Waals surface area (Å²) in [5, 5.41) is 3.41. The standard InChI is InChI=1S/C28H29F3N6O4S2/c1-16(2)27(38)33-15-23-32-9-8-21(34-23)26-25(35-28(42-26)37-10-12-41-13-11-37)18-4-3-5-20(24(18)31)36-43(39,40)22-14-17(29)6-7-19(22)30/h3-7,9,14,16,21,36H,8,10-13,15H2,1-2H3,(H,33,38). The van der Waals surface area contributed by atoms with Gasteiger partial charge in [-0.15, -0.1) is 0 Å². The maximum absolute atomic E-state index is 16.1. The van der Waals surface area contributed by atoms with Gasteiger partial charge >= 0.3 is 0 Å². The van der Waals surface area contributed by atoms with Crippen molar-refractivity contribution in [3.8, 4) is 11.3 Å². The van der Waals surface area contributed by atoms with Gasteiger partial charge in [-0.3, -0.25) is 14.5 Å². The van der Waals surface area contributed by atoms with Gasteiger partial charge in [0.2, 0.25) is 5.91 Å². The lowest BCUT2D eigenvalue weighted by Crippen LogP contribution is -2.36. The third kappa shape index (κ3) is 6.89. The molecule has 0 aliphatic carbocycles. The minimum atomic E-state index is -4.68. The van der Waals surface area contributed by atoms with E-state index in [0.717, 1.165) is 6.07 Å². The number of halogens is 3. The van der Waals surface area contributed by atoms with Crippen molar-refractivity contribution in [1.82, 2.24) is 10.3 Å². The van der Waals surface area contributed by atoms with E-state index in [1.807, 2.05) is 9.62 Å². The fourth-order valence-electron chi connectivity index (χ4n) is 4.46. The second-order valence-electron chi connectivity index (χ2n) is 10.1. The van der Waals surface area contributed by atoms with Crippen molar-refractivity contribution in [2.45, 2.75) is 31.2 Å². The molecule has 1 aromatic heterocycles. The summed E-state index contributed by atoms with van der Waals surface area (Å²) in [5.41, 5.74) is -0.200. The predicted molar refractivity (Wildman–Crippen MR) is 159 cm³/mol. The lowest BCUT2D eigenvalue weighted by Gasteiger charge is -2.26. The first-order valence-corrected chi connectivity index (χ1v) is 15.8. The number of amidine groups is 1. The summed E-state index contributed by atoms with van der Waals surface area (Å²) in [4.78, 5) is 27.6. The third-order valence-electron chi connectivity index (χ3n) is 6.73. The molecule has 2 aromatic carbocycles. The number of rotatable bonds is 9. The average molecular weight is 635 g/mol. The zero-order valence-electron chi connectivity index (χ0n) is 23.3. The zero-order valence-corrected chi connectivity index (χ0v) is 24.9. The molecule has 1 unspecified atom stereocenters. The van der Waals surface area contributed by atoms with E-state index in [0.29, 0.717) is 60.7 Å². The summed E-state index contributed by atoms with van der Waals surface area (Å²) < 4.78 is 77.4. The number of morpholine rings is 1. The summed E-state index contributed by atoms with van der Waals surface area (Å²) in [6.45, 7) is 5.83. The SMILES string of the molecule is CC(C)C(=O)NCC1=NC(c2sc(N3CCOCC3)nc2-c2cccc(NS(=O)(=O)c3cc(F)ccc3F)c2F)CC=N1. The molecule has 15 heteroatoms. The van der Waals surface area contributed by atoms with Crippen LogP contribution in [0.4, 0.5) is 24.0 Å². The van der Waals surface area contributed by atoms with Crippen LogP contribution in [-0.2, 0) is 19.6 Å². The van der Waals surface area contributed by atoms with Crippen LogP contribution in [0.15, 0.2) is 51.3 Å². The second kappa shape index (κ2) is 12.8. The Morgan fingerprint density at radius 2 is 1.93 bits per heavy atom. The fraction of sp³-hybridized carbons (Fsp3) is 0.357. The molecule has 10 nitrogen and oxygen atoms in total. The Labute approximate surface area is 250 Å². The first-order valence-electron chi connectivity index (χ1n) is 13.5. The van der Waals surface area contributed by atoms with Crippen LogP contribution in [0.3, 0.4) is 0 Å². The lowest BCUT2D eigenvalue weighted by atomic mass is 10.0. The fourth-order valence-corrected chi connectivity index (χ4v) is 6.79. The quantitative estimate of drug-likeness (QED) is 0.356. The second-order valence-corrected chi connectivity index (χ2v) is 12.8. The number of hydrogen-bond acceptors (Lipinski definition) is 9. The van der Waals surface area contributed by atoms with Gasteiger partial charge in [0.25, 0.3) is 10.0 Å². The lowest BCUT2D eigenvalue weighted by molar-refractivity contribution is -0.123. The molecule has 5 rings (SSSR count). The average Bonchev–Trinajstić information content (AvgIpc) is 3.44. The van der Waals surface area contributed by atoms with Crippen molar-refractivity contribution >= 4 is 50.1 Å². The topological polar surface area (TPSA) is 125 Å². The Kier molecular flexibility index (Phi) is 9.13. The molecule has 43 heavy (non-hydrogen) atoms. The maximum atomic E-state index is 16.1. The van der Waals surface area contributed by atoms with E-state index >= 15 is 4.39 Å². The highest BCUT2D eigenvalue weighted by Gasteiger charge is 2.29. The van der Waals surface area contributed by atoms with Crippen LogP contribution in [-0.4, -0.2) is 64.2 Å². The van der Waals surface area contributed by atoms with Crippen molar-refractivity contribution in [3.63, 3.8) is 0 Å². The largest absolute Gasteiger partial charge is 0.378 e. The van der Waals surface area contributed by atoms with Gasteiger partial charge in [-0.25, -0.2) is 31.6 Å². The molecular formula is C28H29F3N6O4S2. The highest BCUT2D eigenvalue weighted by atomic mass is 32.2. The monoisotopic (exact) mass is 634 g/mol. The normalized spacial score (nSPS) is 17.2. The third-order valence-corrected chi connectivity index (χ3v) is 9.32. The molecule has 0 spiro atoms. The van der Waals surface area contributed by atoms with Gasteiger partial charge in [-0.05, 0) is 30.3 Å². The van der Waals surface area contributed by atoms with Gasteiger partial charge in [0, 0.05) is 37.2 Å². The summed E-state index contributed by atoms with van der Waals surface area (Å²) in [7, 11) is -4.68. The Morgan fingerprint density at radius 1 is 1.16 bits per heavy atom. The molecule has 1 atom stereocenters. The number of ether oxygens (including phenoxy) is 1. The number of benzene rings is 2. The first-order chi connectivity index (χ1) is 20.5. The molecule has 3 aromatic rings. The van der Waals surface area contributed by atoms with Gasteiger partial charge in [0.15, 0.2) is 10.9 Å². The first kappa shape index (κ1) is 30.6. The highest BCUT2D eigenvalue weighted by molar-refractivity contribution is 7.92. The van der Waals surface area contributed by atoms with Crippen LogP contribution in [0.2, 0.25) is 0 Å². The van der Waals surface area contributed by atoms with Crippen LogP contribution in [0.25, 0.3) is 11.3 Å². The summed E-state index contributed by atoms with van der Waals surface area (Å²) in [5.74, 6) is -3.04. The highest BCUT2D eigenvalue weighted by Crippen LogP contribution is 2.42. The van der Waals surface area contributed by atoms with E-state index in [2.05, 4.69) is 10.3 Å². The Morgan fingerprint density at radius 3 is 2.67 bits per heavy atom. The molecule has 0 radical (unpaired) electrons. The van der Waals surface area contributed by atoms with Crippen LogP contribution in [0.5, 0.6) is 0 Å². The van der Waals surface area contributed by atoms with Crippen LogP contribution >= 0.6 is 11.3 Å². The van der Waals surface area contributed by atoms with Crippen LogP contribution in [0.1, 0.15) is 31.2 Å². The molecule has 228 valence electrons. The van der Waals surface area contributed by atoms with Crippen molar-refractivity contribution in [2.75, 3.05) is 42.5 Å². The van der Waals surface area contributed by atoms with E-state index in [-0.39, 0.29) is 29.6 Å². The number of hydrogen-bond donors (Lipinski definition) is 2. The van der Waals surface area contributed by atoms with Crippen LogP contribution in [0, 0.1) is 23.4 Å². The predicted octanol–water partition coefficient (Wildman–Crippen LogP) is 4.55. The molecule has 1 fully saturated rings. The minimum Gasteiger partial charge on any atom is -0.378 e. The number of carbonyl (C=O) groups excluding carboxylic acids is 1. The summed E-state index contributed by atoms with van der Waals surface area (Å²) >= 11 is 1.33. The van der Waals surface area contributed by atoms with Gasteiger partial charge < -0.3 is 15.0 Å². The zero-order chi connectivity index (χ0) is 30.7. The molecule has 2 N–H and O–H groups in total. The van der Waals surface area contributed by atoms with Gasteiger partial charge in [0.1, 0.15) is 22.4 Å². The van der Waals surface area contributed by atoms with Gasteiger partial charge in [-0.2, -0.15) is 0 Å². The van der Waals surface area contributed by atoms with E-state index < -0.39 is 44.1 Å². The molecule has 1 saturated heterocycles. The molecule has 3 heterocycles. The van der Waals surface area contributed by atoms with Crippen LogP contribution < -0.4 is 14.9 Å². The molecule has 0 bridgehead atoms. The Hall–Kier alpha value is -3.82. The number of aromatic nitrogens is 1. The number of carbonyl (C=O) groups is 1. The number of aliphatic imine (C=N–C) groups is 2. The van der Waals surface area contributed by atoms with E-state index in [9.17, 15) is 22.0 Å². The Balaban J connectivity index is 1.52. The minimum absolute atomic E-state index is 0.00181. The number of anilines is 2.